The van der Waals surface area contributed by atoms with E-state index >= 15 is 0 Å². The molecule has 2 aromatic rings. The predicted octanol–water partition coefficient (Wildman–Crippen LogP) is 2.84. The fourth-order valence-electron chi connectivity index (χ4n) is 2.05. The number of ether oxygens (including phenoxy) is 1. The monoisotopic (exact) mass is 284 g/mol. The molecular weight excluding hydrogens is 264 g/mol. The maximum atomic E-state index is 7.97. The van der Waals surface area contributed by atoms with Gasteiger partial charge in [-0.2, -0.15) is 0 Å². The first-order valence-electron chi connectivity index (χ1n) is 6.75. The van der Waals surface area contributed by atoms with Crippen LogP contribution in [0.4, 0.5) is 5.82 Å². The van der Waals surface area contributed by atoms with Crippen LogP contribution in [-0.4, -0.2) is 18.1 Å². The Kier molecular flexibility index (Phi) is 4.77. The molecule has 0 fully saturated rings. The zero-order chi connectivity index (χ0) is 15.2. The minimum atomic E-state index is 0.210. The summed E-state index contributed by atoms with van der Waals surface area (Å²) < 4.78 is 5.35. The Hall–Kier alpha value is -2.56. The molecule has 110 valence electrons. The highest BCUT2D eigenvalue weighted by Gasteiger charge is 2.07. The molecule has 0 unspecified atom stereocenters. The standard InChI is InChI=1S/C16H20N4O/c1-11-6-4-8-14(21-3)13(11)10-19-16(17)20-15-12(2)7-5-9-18-15/h4-9H,10H2,1-3H3,(H3,17,18,19,20). The van der Waals surface area contributed by atoms with E-state index < -0.39 is 0 Å². The second-order valence-corrected chi connectivity index (χ2v) is 4.78. The predicted molar refractivity (Wildman–Crippen MR) is 84.9 cm³/mol. The quantitative estimate of drug-likeness (QED) is 0.596. The number of anilines is 1. The van der Waals surface area contributed by atoms with Crippen molar-refractivity contribution >= 4 is 11.8 Å². The average molecular weight is 284 g/mol. The van der Waals surface area contributed by atoms with Gasteiger partial charge in [-0.3, -0.25) is 5.41 Å². The van der Waals surface area contributed by atoms with Crippen molar-refractivity contribution in [1.82, 2.24) is 10.3 Å². The van der Waals surface area contributed by atoms with Gasteiger partial charge in [-0.1, -0.05) is 18.2 Å². The number of aromatic nitrogens is 1. The van der Waals surface area contributed by atoms with E-state index in [1.807, 2.05) is 44.2 Å². The summed E-state index contributed by atoms with van der Waals surface area (Å²) >= 11 is 0. The average Bonchev–Trinajstić information content (AvgIpc) is 2.48. The van der Waals surface area contributed by atoms with Crippen molar-refractivity contribution in [2.75, 3.05) is 12.4 Å². The zero-order valence-corrected chi connectivity index (χ0v) is 12.5. The fourth-order valence-corrected chi connectivity index (χ4v) is 2.05. The smallest absolute Gasteiger partial charge is 0.194 e. The van der Waals surface area contributed by atoms with E-state index in [4.69, 9.17) is 10.1 Å². The summed E-state index contributed by atoms with van der Waals surface area (Å²) in [4.78, 5) is 4.21. The van der Waals surface area contributed by atoms with Crippen molar-refractivity contribution in [2.24, 2.45) is 0 Å². The number of benzene rings is 1. The molecule has 21 heavy (non-hydrogen) atoms. The number of guanidine groups is 1. The molecule has 5 heteroatoms. The van der Waals surface area contributed by atoms with E-state index in [0.29, 0.717) is 12.4 Å². The first kappa shape index (κ1) is 14.8. The Morgan fingerprint density at radius 2 is 1.95 bits per heavy atom. The lowest BCUT2D eigenvalue weighted by Crippen LogP contribution is -2.30. The fraction of sp³-hybridized carbons (Fsp3) is 0.250. The Balaban J connectivity index is 2.01. The molecule has 0 spiro atoms. The van der Waals surface area contributed by atoms with Gasteiger partial charge in [-0.25, -0.2) is 4.98 Å². The van der Waals surface area contributed by atoms with Gasteiger partial charge in [0, 0.05) is 18.3 Å². The molecule has 0 amide bonds. The summed E-state index contributed by atoms with van der Waals surface area (Å²) in [6.45, 7) is 4.50. The van der Waals surface area contributed by atoms with E-state index in [2.05, 4.69) is 15.6 Å². The van der Waals surface area contributed by atoms with Crippen LogP contribution in [0.15, 0.2) is 36.5 Å². The van der Waals surface area contributed by atoms with Crippen LogP contribution >= 0.6 is 0 Å². The van der Waals surface area contributed by atoms with Crippen LogP contribution in [0.25, 0.3) is 0 Å². The molecule has 1 heterocycles. The maximum Gasteiger partial charge on any atom is 0.194 e. The van der Waals surface area contributed by atoms with Crippen molar-refractivity contribution in [2.45, 2.75) is 20.4 Å². The van der Waals surface area contributed by atoms with Crippen LogP contribution in [-0.2, 0) is 6.54 Å². The van der Waals surface area contributed by atoms with E-state index in [1.54, 1.807) is 13.3 Å². The highest BCUT2D eigenvalue weighted by Crippen LogP contribution is 2.21. The van der Waals surface area contributed by atoms with Gasteiger partial charge in [-0.15, -0.1) is 0 Å². The SMILES string of the molecule is COc1cccc(C)c1CNC(=N)Nc1ncccc1C. The summed E-state index contributed by atoms with van der Waals surface area (Å²) in [5.74, 6) is 1.72. The molecule has 0 aliphatic carbocycles. The van der Waals surface area contributed by atoms with Gasteiger partial charge in [-0.05, 0) is 37.1 Å². The zero-order valence-electron chi connectivity index (χ0n) is 12.5. The van der Waals surface area contributed by atoms with Gasteiger partial charge in [0.1, 0.15) is 11.6 Å². The van der Waals surface area contributed by atoms with Crippen molar-refractivity contribution in [1.29, 1.82) is 5.41 Å². The molecule has 0 saturated carbocycles. The lowest BCUT2D eigenvalue weighted by Gasteiger charge is -2.15. The first-order chi connectivity index (χ1) is 10.1. The van der Waals surface area contributed by atoms with Crippen LogP contribution in [0, 0.1) is 19.3 Å². The van der Waals surface area contributed by atoms with Crippen LogP contribution in [0.1, 0.15) is 16.7 Å². The van der Waals surface area contributed by atoms with E-state index in [-0.39, 0.29) is 5.96 Å². The molecule has 1 aromatic heterocycles. The largest absolute Gasteiger partial charge is 0.496 e. The van der Waals surface area contributed by atoms with Gasteiger partial charge >= 0.3 is 0 Å². The van der Waals surface area contributed by atoms with E-state index in [9.17, 15) is 0 Å². The third-order valence-corrected chi connectivity index (χ3v) is 3.28. The first-order valence-corrected chi connectivity index (χ1v) is 6.75. The van der Waals surface area contributed by atoms with Crippen molar-refractivity contribution in [3.8, 4) is 5.75 Å². The molecule has 0 aliphatic heterocycles. The van der Waals surface area contributed by atoms with Crippen LogP contribution in [0.5, 0.6) is 5.75 Å². The molecule has 0 aliphatic rings. The third-order valence-electron chi connectivity index (χ3n) is 3.28. The lowest BCUT2D eigenvalue weighted by atomic mass is 10.1. The molecule has 0 saturated heterocycles. The maximum absolute atomic E-state index is 7.97. The number of methoxy groups -OCH3 is 1. The number of aryl methyl sites for hydroxylation is 2. The second kappa shape index (κ2) is 6.74. The normalized spacial score (nSPS) is 10.0. The second-order valence-electron chi connectivity index (χ2n) is 4.78. The Bertz CT molecular complexity index is 640. The minimum absolute atomic E-state index is 0.210. The Morgan fingerprint density at radius 3 is 2.67 bits per heavy atom. The van der Waals surface area contributed by atoms with Gasteiger partial charge in [0.05, 0.1) is 7.11 Å². The molecule has 0 bridgehead atoms. The van der Waals surface area contributed by atoms with Gasteiger partial charge < -0.3 is 15.4 Å². The summed E-state index contributed by atoms with van der Waals surface area (Å²) in [5, 5.41) is 14.0. The Labute approximate surface area is 124 Å². The summed E-state index contributed by atoms with van der Waals surface area (Å²) in [5.41, 5.74) is 3.17. The molecular formula is C16H20N4O. The molecule has 3 N–H and O–H groups in total. The number of nitrogens with zero attached hydrogens (tertiary/aromatic N) is 1. The summed E-state index contributed by atoms with van der Waals surface area (Å²) in [6, 6.07) is 9.73. The van der Waals surface area contributed by atoms with Gasteiger partial charge in [0.15, 0.2) is 5.96 Å². The van der Waals surface area contributed by atoms with Crippen molar-refractivity contribution < 1.29 is 4.74 Å². The highest BCUT2D eigenvalue weighted by molar-refractivity contribution is 5.90. The molecule has 0 radical (unpaired) electrons. The summed E-state index contributed by atoms with van der Waals surface area (Å²) in [6.07, 6.45) is 1.70. The van der Waals surface area contributed by atoms with Crippen molar-refractivity contribution in [3.63, 3.8) is 0 Å². The number of hydrogen-bond donors (Lipinski definition) is 3. The number of rotatable bonds is 4. The molecule has 0 atom stereocenters. The van der Waals surface area contributed by atoms with E-state index in [0.717, 1.165) is 22.4 Å². The highest BCUT2D eigenvalue weighted by atomic mass is 16.5. The number of pyridine rings is 1. The number of hydrogen-bond acceptors (Lipinski definition) is 3. The molecule has 1 aromatic carbocycles. The minimum Gasteiger partial charge on any atom is -0.496 e. The molecule has 5 nitrogen and oxygen atoms in total. The Morgan fingerprint density at radius 1 is 1.19 bits per heavy atom. The topological polar surface area (TPSA) is 70.0 Å². The van der Waals surface area contributed by atoms with Gasteiger partial charge in [0.2, 0.25) is 0 Å². The van der Waals surface area contributed by atoms with Crippen LogP contribution < -0.4 is 15.4 Å². The van der Waals surface area contributed by atoms with Crippen LogP contribution in [0.2, 0.25) is 0 Å². The number of nitrogens with one attached hydrogen (secondary N) is 3. The van der Waals surface area contributed by atoms with Crippen molar-refractivity contribution in [3.05, 3.63) is 53.2 Å². The summed E-state index contributed by atoms with van der Waals surface area (Å²) in [7, 11) is 1.65. The van der Waals surface area contributed by atoms with E-state index in [1.165, 1.54) is 0 Å². The molecule has 2 rings (SSSR count). The van der Waals surface area contributed by atoms with Crippen LogP contribution in [0.3, 0.4) is 0 Å². The third kappa shape index (κ3) is 3.72. The lowest BCUT2D eigenvalue weighted by molar-refractivity contribution is 0.408. The van der Waals surface area contributed by atoms with Gasteiger partial charge in [0.25, 0.3) is 0 Å².